The summed E-state index contributed by atoms with van der Waals surface area (Å²) in [5.74, 6) is -0.324. The van der Waals surface area contributed by atoms with E-state index < -0.39 is 0 Å². The van der Waals surface area contributed by atoms with Gasteiger partial charge in [0, 0.05) is 13.1 Å². The van der Waals surface area contributed by atoms with E-state index in [1.54, 1.807) is 0 Å². The monoisotopic (exact) mass is 988 g/mol. The van der Waals surface area contributed by atoms with Crippen molar-refractivity contribution in [3.63, 3.8) is 0 Å². The molecule has 0 saturated heterocycles. The fourth-order valence-electron chi connectivity index (χ4n) is 10.4. The SMILES string of the molecule is C=CC(=O)NCc1ccc(Cc2ccc(Cc3ccc(Cc4cc(-c5c(Cc6ccc(Cc7ccc(Cc8ccc(CNC(=O)C=C)cc8)cc7)cc6)ccc6cc(C)ccc56)c5ccc(C)cc5c4)cc3)cc2)cc1. The molecule has 2 N–H and O–H groups in total. The molecule has 2 amide bonds. The highest BCUT2D eigenvalue weighted by Crippen LogP contribution is 2.40. The van der Waals surface area contributed by atoms with Crippen LogP contribution in [0.3, 0.4) is 0 Å². The lowest BCUT2D eigenvalue weighted by Gasteiger charge is -2.18. The van der Waals surface area contributed by atoms with Crippen molar-refractivity contribution in [2.24, 2.45) is 0 Å². The molecule has 4 nitrogen and oxygen atoms in total. The number of benzene rings is 10. The van der Waals surface area contributed by atoms with Crippen LogP contribution in [0.25, 0.3) is 32.7 Å². The molecule has 0 heterocycles. The average Bonchev–Trinajstić information content (AvgIpc) is 3.44. The van der Waals surface area contributed by atoms with Gasteiger partial charge >= 0.3 is 0 Å². The molecule has 0 unspecified atom stereocenters. The van der Waals surface area contributed by atoms with Gasteiger partial charge in [-0.05, 0) is 175 Å². The number of rotatable bonds is 19. The van der Waals surface area contributed by atoms with Gasteiger partial charge in [0.15, 0.2) is 0 Å². The van der Waals surface area contributed by atoms with Crippen LogP contribution in [0.1, 0.15) is 89.0 Å². The van der Waals surface area contributed by atoms with E-state index in [2.05, 4.69) is 244 Å². The number of aryl methyl sites for hydroxylation is 2. The minimum atomic E-state index is -0.162. The molecule has 10 rings (SSSR count). The highest BCUT2D eigenvalue weighted by Gasteiger charge is 2.17. The summed E-state index contributed by atoms with van der Waals surface area (Å²) in [7, 11) is 0. The molecule has 10 aromatic carbocycles. The fraction of sp³-hybridized carbons (Fsp3) is 0.139. The molecule has 374 valence electrons. The van der Waals surface area contributed by atoms with E-state index in [0.29, 0.717) is 13.1 Å². The zero-order valence-corrected chi connectivity index (χ0v) is 43.7. The number of carbonyl (C=O) groups is 2. The number of hydrogen-bond acceptors (Lipinski definition) is 2. The van der Waals surface area contributed by atoms with Gasteiger partial charge in [-0.2, -0.15) is 0 Å². The van der Waals surface area contributed by atoms with Crippen molar-refractivity contribution in [2.75, 3.05) is 0 Å². The maximum Gasteiger partial charge on any atom is 0.243 e. The topological polar surface area (TPSA) is 58.2 Å². The van der Waals surface area contributed by atoms with Gasteiger partial charge in [0.2, 0.25) is 11.8 Å². The summed E-state index contributed by atoms with van der Waals surface area (Å²) < 4.78 is 0. The Hall–Kier alpha value is -8.86. The summed E-state index contributed by atoms with van der Waals surface area (Å²) in [5, 5.41) is 10.8. The largest absolute Gasteiger partial charge is 0.348 e. The maximum absolute atomic E-state index is 11.6. The Morgan fingerprint density at radius 2 is 0.671 bits per heavy atom. The Labute approximate surface area is 448 Å². The number of fused-ring (bicyclic) bond motifs is 2. The van der Waals surface area contributed by atoms with Crippen molar-refractivity contribution < 1.29 is 9.59 Å². The molecule has 4 heteroatoms. The predicted octanol–water partition coefficient (Wildman–Crippen LogP) is 15.4. The van der Waals surface area contributed by atoms with Crippen LogP contribution in [0, 0.1) is 13.8 Å². The first-order chi connectivity index (χ1) is 37.1. The molecule has 0 atom stereocenters. The molecule has 0 spiro atoms. The zero-order chi connectivity index (χ0) is 52.4. The lowest BCUT2D eigenvalue weighted by Crippen LogP contribution is -2.19. The van der Waals surface area contributed by atoms with Crippen LogP contribution in [-0.4, -0.2) is 11.8 Å². The van der Waals surface area contributed by atoms with E-state index >= 15 is 0 Å². The van der Waals surface area contributed by atoms with Crippen molar-refractivity contribution >= 4 is 33.4 Å². The lowest BCUT2D eigenvalue weighted by molar-refractivity contribution is -0.117. The van der Waals surface area contributed by atoms with Crippen LogP contribution in [-0.2, 0) is 61.2 Å². The smallest absolute Gasteiger partial charge is 0.243 e. The van der Waals surface area contributed by atoms with Gasteiger partial charge in [0.25, 0.3) is 0 Å². The zero-order valence-electron chi connectivity index (χ0n) is 43.7. The van der Waals surface area contributed by atoms with E-state index in [4.69, 9.17) is 0 Å². The summed E-state index contributed by atoms with van der Waals surface area (Å²) in [6.45, 7) is 12.4. The molecular formula is C72H64N2O2. The summed E-state index contributed by atoms with van der Waals surface area (Å²) in [6, 6.07) is 76.6. The van der Waals surface area contributed by atoms with Crippen LogP contribution in [0.4, 0.5) is 0 Å². The second kappa shape index (κ2) is 23.6. The van der Waals surface area contributed by atoms with E-state index in [1.165, 1.54) is 123 Å². The van der Waals surface area contributed by atoms with Gasteiger partial charge in [-0.3, -0.25) is 9.59 Å². The van der Waals surface area contributed by atoms with Crippen molar-refractivity contribution in [3.05, 3.63) is 321 Å². The number of amides is 2. The third-order valence-electron chi connectivity index (χ3n) is 14.6. The third kappa shape index (κ3) is 12.9. The van der Waals surface area contributed by atoms with Crippen LogP contribution < -0.4 is 10.6 Å². The summed E-state index contributed by atoms with van der Waals surface area (Å²) in [4.78, 5) is 23.1. The minimum Gasteiger partial charge on any atom is -0.348 e. The molecule has 0 aliphatic carbocycles. The minimum absolute atomic E-state index is 0.162. The summed E-state index contributed by atoms with van der Waals surface area (Å²) >= 11 is 0. The second-order valence-corrected chi connectivity index (χ2v) is 20.5. The van der Waals surface area contributed by atoms with E-state index in [9.17, 15) is 9.59 Å². The Morgan fingerprint density at radius 1 is 0.342 bits per heavy atom. The van der Waals surface area contributed by atoms with Crippen LogP contribution >= 0.6 is 0 Å². The van der Waals surface area contributed by atoms with Gasteiger partial charge in [0.05, 0.1) is 0 Å². The number of nitrogens with one attached hydrogen (secondary N) is 2. The van der Waals surface area contributed by atoms with Crippen molar-refractivity contribution in [3.8, 4) is 11.1 Å². The summed E-state index contributed by atoms with van der Waals surface area (Å²) in [5.41, 5.74) is 22.7. The van der Waals surface area contributed by atoms with E-state index in [-0.39, 0.29) is 11.8 Å². The van der Waals surface area contributed by atoms with E-state index in [0.717, 1.165) is 49.7 Å². The van der Waals surface area contributed by atoms with E-state index in [1.807, 2.05) is 0 Å². The van der Waals surface area contributed by atoms with Crippen molar-refractivity contribution in [1.82, 2.24) is 10.6 Å². The van der Waals surface area contributed by atoms with Crippen LogP contribution in [0.5, 0.6) is 0 Å². The van der Waals surface area contributed by atoms with Crippen LogP contribution in [0.2, 0.25) is 0 Å². The number of carbonyl (C=O) groups excluding carboxylic acids is 2. The summed E-state index contributed by atoms with van der Waals surface area (Å²) in [6.07, 6.45) is 7.74. The first-order valence-corrected chi connectivity index (χ1v) is 26.4. The standard InChI is InChI=1S/C72H64N2O2/c1-5-70(75)73-47-61-29-25-57(26-30-61)41-53-13-9-51(10-14-53)39-55-17-19-59(20-18-55)43-63-45-66-38-50(4)7-35-67(66)69(46-63)72-65(34-33-64-37-49(3)8-36-68(64)72)44-60-23-21-56(22-24-60)40-52-11-15-54(16-12-52)42-58-27-31-62(32-28-58)48-74-71(76)6-2/h5-38,45-46H,1-2,39-44,47-48H2,3-4H3,(H,73,75)(H,74,76). The van der Waals surface area contributed by atoms with Gasteiger partial charge in [0.1, 0.15) is 0 Å². The first kappa shape index (κ1) is 50.7. The molecule has 0 radical (unpaired) electrons. The fourth-order valence-corrected chi connectivity index (χ4v) is 10.4. The molecular weight excluding hydrogens is 925 g/mol. The molecule has 10 aromatic rings. The molecule has 0 aromatic heterocycles. The van der Waals surface area contributed by atoms with Gasteiger partial charge < -0.3 is 10.6 Å². The third-order valence-corrected chi connectivity index (χ3v) is 14.6. The van der Waals surface area contributed by atoms with Crippen molar-refractivity contribution in [2.45, 2.75) is 65.5 Å². The Bertz CT molecular complexity index is 3680. The Kier molecular flexibility index (Phi) is 15.7. The van der Waals surface area contributed by atoms with Gasteiger partial charge in [-0.1, -0.05) is 231 Å². The Balaban J connectivity index is 0.830. The highest BCUT2D eigenvalue weighted by atomic mass is 16.2. The van der Waals surface area contributed by atoms with Crippen LogP contribution in [0.15, 0.2) is 232 Å². The second-order valence-electron chi connectivity index (χ2n) is 20.5. The number of hydrogen-bond donors (Lipinski definition) is 2. The Morgan fingerprint density at radius 3 is 1.05 bits per heavy atom. The van der Waals surface area contributed by atoms with Gasteiger partial charge in [-0.25, -0.2) is 0 Å². The van der Waals surface area contributed by atoms with Gasteiger partial charge in [-0.15, -0.1) is 0 Å². The average molecular weight is 989 g/mol. The molecule has 0 bridgehead atoms. The molecule has 0 aliphatic rings. The lowest BCUT2D eigenvalue weighted by atomic mass is 9.85. The molecule has 76 heavy (non-hydrogen) atoms. The quantitative estimate of drug-likeness (QED) is 0.0793. The molecule has 0 fully saturated rings. The molecule has 0 aliphatic heterocycles. The molecule has 0 saturated carbocycles. The maximum atomic E-state index is 11.6. The first-order valence-electron chi connectivity index (χ1n) is 26.4. The van der Waals surface area contributed by atoms with Crippen molar-refractivity contribution in [1.29, 1.82) is 0 Å². The normalized spacial score (nSPS) is 11.1. The predicted molar refractivity (Wildman–Crippen MR) is 316 cm³/mol. The highest BCUT2D eigenvalue weighted by molar-refractivity contribution is 6.07.